The molecule has 2 aliphatic rings. The third-order valence-corrected chi connectivity index (χ3v) is 8.83. The van der Waals surface area contributed by atoms with Crippen molar-refractivity contribution >= 4 is 54.2 Å². The maximum absolute atomic E-state index is 6.67. The molecule has 0 saturated carbocycles. The first kappa shape index (κ1) is 23.0. The molecule has 0 radical (unpaired) electrons. The van der Waals surface area contributed by atoms with E-state index in [4.69, 9.17) is 44.9 Å². The van der Waals surface area contributed by atoms with Crippen LogP contribution in [0, 0.1) is 0 Å². The van der Waals surface area contributed by atoms with E-state index in [0.717, 1.165) is 60.4 Å². The molecule has 0 N–H and O–H groups in total. The van der Waals surface area contributed by atoms with Gasteiger partial charge in [0, 0.05) is 45.7 Å². The Hall–Kier alpha value is -1.12. The van der Waals surface area contributed by atoms with E-state index in [2.05, 4.69) is 34.3 Å². The van der Waals surface area contributed by atoms with Crippen LogP contribution in [0.3, 0.4) is 0 Å². The van der Waals surface area contributed by atoms with Crippen LogP contribution < -0.4 is 9.64 Å². The molecule has 0 bridgehead atoms. The summed E-state index contributed by atoms with van der Waals surface area (Å²) in [6.45, 7) is 9.63. The van der Waals surface area contributed by atoms with Crippen LogP contribution in [0.4, 0.5) is 5.69 Å². The molecule has 2 aliphatic heterocycles. The van der Waals surface area contributed by atoms with E-state index in [0.29, 0.717) is 16.7 Å². The van der Waals surface area contributed by atoms with E-state index in [1.165, 1.54) is 5.69 Å². The fourth-order valence-corrected chi connectivity index (χ4v) is 5.81. The van der Waals surface area contributed by atoms with Gasteiger partial charge in [-0.1, -0.05) is 55.1 Å². The first-order valence-corrected chi connectivity index (χ1v) is 15.7. The maximum Gasteiger partial charge on any atom is 0.189 e. The molecular formula is C22H29Cl2N3O2SSi. The zero-order chi connectivity index (χ0) is 22.2. The summed E-state index contributed by atoms with van der Waals surface area (Å²) in [5.74, 6) is 0.824. The van der Waals surface area contributed by atoms with Crippen LogP contribution in [0.2, 0.25) is 35.7 Å². The molecule has 1 unspecified atom stereocenters. The monoisotopic (exact) mass is 497 g/mol. The summed E-state index contributed by atoms with van der Waals surface area (Å²) in [6.07, 6.45) is 4.84. The summed E-state index contributed by atoms with van der Waals surface area (Å²) in [5, 5.41) is 5.59. The molecule has 31 heavy (non-hydrogen) atoms. The van der Waals surface area contributed by atoms with Crippen LogP contribution in [-0.2, 0) is 17.7 Å². The quantitative estimate of drug-likeness (QED) is 0.189. The van der Waals surface area contributed by atoms with Crippen molar-refractivity contribution < 1.29 is 9.47 Å². The van der Waals surface area contributed by atoms with Crippen molar-refractivity contribution in [2.45, 2.75) is 57.4 Å². The van der Waals surface area contributed by atoms with Crippen molar-refractivity contribution in [3.05, 3.63) is 39.6 Å². The second-order valence-electron chi connectivity index (χ2n) is 9.46. The van der Waals surface area contributed by atoms with Gasteiger partial charge in [0.25, 0.3) is 0 Å². The number of hydrogen-bond acceptors (Lipinski definition) is 4. The first-order chi connectivity index (χ1) is 14.7. The Labute approximate surface area is 200 Å². The highest BCUT2D eigenvalue weighted by Crippen LogP contribution is 2.44. The number of hydrogen-bond donors (Lipinski definition) is 0. The standard InChI is InChI=1S/C22H29Cl2N3O2SSi/c1-31(2,3)10-9-28-14-29-19-7-6-16(23)22(24)21(19)15-11-20(30)26(13-15)18-12-25-27-8-4-5-17(18)27/h6-7,12,15H,4-5,8-11,13-14H2,1-3H3. The number of benzene rings is 1. The summed E-state index contributed by atoms with van der Waals surface area (Å²) in [7, 11) is -1.13. The van der Waals surface area contributed by atoms with Crippen LogP contribution in [0.5, 0.6) is 5.75 Å². The number of aromatic nitrogens is 2. The van der Waals surface area contributed by atoms with Crippen molar-refractivity contribution in [1.82, 2.24) is 9.78 Å². The minimum Gasteiger partial charge on any atom is -0.467 e. The summed E-state index contributed by atoms with van der Waals surface area (Å²) in [5.41, 5.74) is 3.31. The second kappa shape index (κ2) is 9.39. The molecule has 4 rings (SSSR count). The molecule has 0 aliphatic carbocycles. The van der Waals surface area contributed by atoms with Crippen LogP contribution in [-0.4, -0.2) is 42.8 Å². The fourth-order valence-electron chi connectivity index (χ4n) is 4.20. The molecule has 2 aromatic rings. The number of ether oxygens (including phenoxy) is 2. The van der Waals surface area contributed by atoms with Crippen LogP contribution in [0.25, 0.3) is 0 Å². The Bertz CT molecular complexity index is 976. The number of aryl methyl sites for hydroxylation is 1. The van der Waals surface area contributed by atoms with Gasteiger partial charge in [-0.3, -0.25) is 4.68 Å². The van der Waals surface area contributed by atoms with Crippen molar-refractivity contribution in [1.29, 1.82) is 0 Å². The Balaban J connectivity index is 1.49. The van der Waals surface area contributed by atoms with Gasteiger partial charge in [-0.05, 0) is 31.0 Å². The van der Waals surface area contributed by atoms with Gasteiger partial charge in [-0.25, -0.2) is 0 Å². The SMILES string of the molecule is C[Si](C)(C)CCOCOc1ccc(Cl)c(Cl)c1C1CC(=S)N(c2cnn3c2CCC3)C1. The average Bonchev–Trinajstić information content (AvgIpc) is 3.39. The lowest BCUT2D eigenvalue weighted by atomic mass is 9.97. The normalized spacial score (nSPS) is 18.7. The van der Waals surface area contributed by atoms with Crippen molar-refractivity contribution in [2.75, 3.05) is 24.8 Å². The Morgan fingerprint density at radius 2 is 2.06 bits per heavy atom. The lowest BCUT2D eigenvalue weighted by Gasteiger charge is -2.21. The van der Waals surface area contributed by atoms with E-state index in [9.17, 15) is 0 Å². The topological polar surface area (TPSA) is 39.5 Å². The van der Waals surface area contributed by atoms with Gasteiger partial charge < -0.3 is 14.4 Å². The molecule has 168 valence electrons. The summed E-state index contributed by atoms with van der Waals surface area (Å²) in [6, 6.07) is 4.77. The van der Waals surface area contributed by atoms with Crippen molar-refractivity contribution in [3.63, 3.8) is 0 Å². The number of fused-ring (bicyclic) bond motifs is 1. The number of thiocarbonyl (C=S) groups is 1. The molecule has 3 heterocycles. The Morgan fingerprint density at radius 1 is 1.26 bits per heavy atom. The van der Waals surface area contributed by atoms with Crippen LogP contribution in [0.1, 0.15) is 30.0 Å². The molecule has 0 spiro atoms. The van der Waals surface area contributed by atoms with Gasteiger partial charge in [0.15, 0.2) is 6.79 Å². The van der Waals surface area contributed by atoms with Crippen LogP contribution >= 0.6 is 35.4 Å². The van der Waals surface area contributed by atoms with Gasteiger partial charge in [-0.15, -0.1) is 0 Å². The third-order valence-electron chi connectivity index (χ3n) is 5.92. The largest absolute Gasteiger partial charge is 0.467 e. The average molecular weight is 499 g/mol. The van der Waals surface area contributed by atoms with E-state index >= 15 is 0 Å². The number of halogens is 2. The lowest BCUT2D eigenvalue weighted by molar-refractivity contribution is 0.0213. The minimum atomic E-state index is -1.13. The highest BCUT2D eigenvalue weighted by atomic mass is 35.5. The second-order valence-corrected chi connectivity index (χ2v) is 16.3. The molecule has 1 saturated heterocycles. The zero-order valence-electron chi connectivity index (χ0n) is 18.3. The van der Waals surface area contributed by atoms with Gasteiger partial charge >= 0.3 is 0 Å². The van der Waals surface area contributed by atoms with Crippen molar-refractivity contribution in [3.8, 4) is 5.75 Å². The smallest absolute Gasteiger partial charge is 0.189 e. The van der Waals surface area contributed by atoms with Crippen molar-refractivity contribution in [2.24, 2.45) is 0 Å². The first-order valence-electron chi connectivity index (χ1n) is 10.8. The van der Waals surface area contributed by atoms with E-state index in [1.54, 1.807) is 6.07 Å². The fraction of sp³-hybridized carbons (Fsp3) is 0.545. The lowest BCUT2D eigenvalue weighted by Crippen LogP contribution is -2.24. The Morgan fingerprint density at radius 3 is 2.84 bits per heavy atom. The van der Waals surface area contributed by atoms with Gasteiger partial charge in [0.05, 0.1) is 32.6 Å². The number of rotatable bonds is 8. The molecule has 1 atom stereocenters. The summed E-state index contributed by atoms with van der Waals surface area (Å²) < 4.78 is 13.8. The highest BCUT2D eigenvalue weighted by molar-refractivity contribution is 7.80. The molecule has 1 fully saturated rings. The molecule has 9 heteroatoms. The Kier molecular flexibility index (Phi) is 6.98. The van der Waals surface area contributed by atoms with E-state index in [-0.39, 0.29) is 12.7 Å². The van der Waals surface area contributed by atoms with Crippen LogP contribution in [0.15, 0.2) is 18.3 Å². The maximum atomic E-state index is 6.67. The van der Waals surface area contributed by atoms with E-state index in [1.807, 2.05) is 12.3 Å². The molecule has 0 amide bonds. The number of anilines is 1. The highest BCUT2D eigenvalue weighted by Gasteiger charge is 2.35. The molecule has 5 nitrogen and oxygen atoms in total. The van der Waals surface area contributed by atoms with Gasteiger partial charge in [0.1, 0.15) is 5.75 Å². The predicted molar refractivity (Wildman–Crippen MR) is 134 cm³/mol. The predicted octanol–water partition coefficient (Wildman–Crippen LogP) is 6.15. The summed E-state index contributed by atoms with van der Waals surface area (Å²) >= 11 is 18.8. The number of nitrogens with zero attached hydrogens (tertiary/aromatic N) is 3. The van der Waals surface area contributed by atoms with Gasteiger partial charge in [-0.2, -0.15) is 5.10 Å². The molecule has 1 aromatic heterocycles. The summed E-state index contributed by atoms with van der Waals surface area (Å²) in [4.78, 5) is 3.11. The minimum absolute atomic E-state index is 0.104. The van der Waals surface area contributed by atoms with E-state index < -0.39 is 8.07 Å². The van der Waals surface area contributed by atoms with Gasteiger partial charge in [0.2, 0.25) is 0 Å². The molecule has 1 aromatic carbocycles. The molecular weight excluding hydrogens is 469 g/mol. The third kappa shape index (κ3) is 5.11. The zero-order valence-corrected chi connectivity index (χ0v) is 21.6.